The third kappa shape index (κ3) is 12.8. The molecule has 1 aromatic heterocycles. The Balaban J connectivity index is 1.44. The monoisotopic (exact) mass is 521 g/mol. The lowest BCUT2D eigenvalue weighted by Gasteiger charge is -2.27. The summed E-state index contributed by atoms with van der Waals surface area (Å²) in [6.45, 7) is 13.9. The largest absolute Gasteiger partial charge is 0.450 e. The number of amides is 1. The van der Waals surface area contributed by atoms with Gasteiger partial charge in [-0.2, -0.15) is 0 Å². The summed E-state index contributed by atoms with van der Waals surface area (Å²) in [5, 5.41) is 3.01. The van der Waals surface area contributed by atoms with Crippen LogP contribution in [0.25, 0.3) is 5.57 Å². The SMILES string of the molecule is C=C(C)c1cccc(C(C)(C)NC(=O)OCCCCCCCCCCCC[n+]2cccc(CCCC)c2)c1. The zero-order chi connectivity index (χ0) is 27.6. The molecular weight excluding hydrogens is 468 g/mol. The number of ether oxygens (including phenoxy) is 1. The van der Waals surface area contributed by atoms with Gasteiger partial charge in [0, 0.05) is 18.1 Å². The molecule has 2 aromatic rings. The number of benzene rings is 1. The van der Waals surface area contributed by atoms with Crippen LogP contribution in [0, 0.1) is 0 Å². The number of aryl methyl sites for hydroxylation is 2. The highest BCUT2D eigenvalue weighted by molar-refractivity contribution is 5.69. The molecule has 0 radical (unpaired) electrons. The molecule has 1 heterocycles. The molecule has 1 aromatic carbocycles. The van der Waals surface area contributed by atoms with Gasteiger partial charge in [0.25, 0.3) is 0 Å². The number of aromatic nitrogens is 1. The third-order valence-corrected chi connectivity index (χ3v) is 7.27. The summed E-state index contributed by atoms with van der Waals surface area (Å²) in [4.78, 5) is 12.3. The minimum absolute atomic E-state index is 0.349. The van der Waals surface area contributed by atoms with Gasteiger partial charge in [-0.25, -0.2) is 9.36 Å². The van der Waals surface area contributed by atoms with Crippen LogP contribution in [0.4, 0.5) is 4.79 Å². The molecule has 0 unspecified atom stereocenters. The fraction of sp³-hybridized carbons (Fsp3) is 0.588. The maximum absolute atomic E-state index is 12.3. The van der Waals surface area contributed by atoms with E-state index >= 15 is 0 Å². The van der Waals surface area contributed by atoms with Crippen LogP contribution in [0.3, 0.4) is 0 Å². The van der Waals surface area contributed by atoms with Crippen molar-refractivity contribution in [3.8, 4) is 0 Å². The van der Waals surface area contributed by atoms with Gasteiger partial charge < -0.3 is 10.1 Å². The predicted molar refractivity (Wildman–Crippen MR) is 160 cm³/mol. The second-order valence-corrected chi connectivity index (χ2v) is 11.3. The summed E-state index contributed by atoms with van der Waals surface area (Å²) in [6, 6.07) is 12.6. The number of hydrogen-bond acceptors (Lipinski definition) is 2. The zero-order valence-corrected chi connectivity index (χ0v) is 24.7. The van der Waals surface area contributed by atoms with Crippen LogP contribution in [0.2, 0.25) is 0 Å². The number of carbonyl (C=O) groups excluding carboxylic acids is 1. The quantitative estimate of drug-likeness (QED) is 0.148. The molecule has 1 N–H and O–H groups in total. The Bertz CT molecular complexity index is 966. The van der Waals surface area contributed by atoms with Gasteiger partial charge in [-0.15, -0.1) is 0 Å². The number of hydrogen-bond donors (Lipinski definition) is 1. The Labute approximate surface area is 232 Å². The summed E-state index contributed by atoms with van der Waals surface area (Å²) in [5.74, 6) is 0. The number of nitrogens with one attached hydrogen (secondary N) is 1. The van der Waals surface area contributed by atoms with E-state index < -0.39 is 5.54 Å². The van der Waals surface area contributed by atoms with Gasteiger partial charge >= 0.3 is 6.09 Å². The first-order chi connectivity index (χ1) is 18.3. The van der Waals surface area contributed by atoms with Crippen molar-refractivity contribution in [2.24, 2.45) is 0 Å². The maximum Gasteiger partial charge on any atom is 0.407 e. The Hall–Kier alpha value is -2.62. The van der Waals surface area contributed by atoms with Crippen molar-refractivity contribution >= 4 is 11.7 Å². The lowest BCUT2D eigenvalue weighted by Crippen LogP contribution is -2.41. The van der Waals surface area contributed by atoms with Crippen LogP contribution in [0.15, 0.2) is 55.4 Å². The summed E-state index contributed by atoms with van der Waals surface area (Å²) in [7, 11) is 0. The minimum atomic E-state index is -0.499. The van der Waals surface area contributed by atoms with E-state index in [1.807, 2.05) is 39.0 Å². The van der Waals surface area contributed by atoms with E-state index in [1.54, 1.807) is 0 Å². The molecule has 0 aliphatic carbocycles. The molecule has 210 valence electrons. The number of alkyl carbamates (subject to hydrolysis) is 1. The van der Waals surface area contributed by atoms with E-state index in [2.05, 4.69) is 54.0 Å². The summed E-state index contributed by atoms with van der Waals surface area (Å²) in [6.07, 6.45) is 20.4. The average molecular weight is 522 g/mol. The summed E-state index contributed by atoms with van der Waals surface area (Å²) >= 11 is 0. The third-order valence-electron chi connectivity index (χ3n) is 7.27. The van der Waals surface area contributed by atoms with Crippen LogP contribution < -0.4 is 9.88 Å². The predicted octanol–water partition coefficient (Wildman–Crippen LogP) is 8.91. The zero-order valence-electron chi connectivity index (χ0n) is 24.7. The molecule has 0 bridgehead atoms. The van der Waals surface area contributed by atoms with E-state index in [4.69, 9.17) is 4.74 Å². The van der Waals surface area contributed by atoms with Crippen molar-refractivity contribution in [2.75, 3.05) is 6.61 Å². The lowest BCUT2D eigenvalue weighted by molar-refractivity contribution is -0.697. The Morgan fingerprint density at radius 2 is 1.58 bits per heavy atom. The fourth-order valence-electron chi connectivity index (χ4n) is 4.76. The first-order valence-electron chi connectivity index (χ1n) is 15.0. The van der Waals surface area contributed by atoms with Gasteiger partial charge in [-0.05, 0) is 69.7 Å². The molecule has 0 aliphatic rings. The van der Waals surface area contributed by atoms with E-state index in [0.29, 0.717) is 6.61 Å². The van der Waals surface area contributed by atoms with Gasteiger partial charge in [0.2, 0.25) is 0 Å². The fourth-order valence-corrected chi connectivity index (χ4v) is 4.76. The van der Waals surface area contributed by atoms with Gasteiger partial charge in [0.05, 0.1) is 12.1 Å². The Morgan fingerprint density at radius 1 is 0.921 bits per heavy atom. The van der Waals surface area contributed by atoms with Crippen LogP contribution in [-0.4, -0.2) is 12.7 Å². The highest BCUT2D eigenvalue weighted by Gasteiger charge is 2.23. The lowest BCUT2D eigenvalue weighted by atomic mass is 9.92. The highest BCUT2D eigenvalue weighted by Crippen LogP contribution is 2.23. The molecule has 0 saturated heterocycles. The molecule has 4 nitrogen and oxygen atoms in total. The minimum Gasteiger partial charge on any atom is -0.450 e. The van der Waals surface area contributed by atoms with Crippen molar-refractivity contribution < 1.29 is 14.1 Å². The molecule has 0 spiro atoms. The van der Waals surface area contributed by atoms with Crippen LogP contribution in [0.1, 0.15) is 121 Å². The number of carbonyl (C=O) groups is 1. The van der Waals surface area contributed by atoms with Crippen LogP contribution in [-0.2, 0) is 23.2 Å². The number of allylic oxidation sites excluding steroid dienone is 1. The van der Waals surface area contributed by atoms with Crippen molar-refractivity contribution in [1.82, 2.24) is 5.32 Å². The van der Waals surface area contributed by atoms with Crippen molar-refractivity contribution in [3.05, 3.63) is 72.1 Å². The molecule has 0 saturated carbocycles. The average Bonchev–Trinajstić information content (AvgIpc) is 2.90. The Kier molecular flexibility index (Phi) is 14.8. The molecule has 2 rings (SSSR count). The van der Waals surface area contributed by atoms with Crippen molar-refractivity contribution in [1.29, 1.82) is 0 Å². The maximum atomic E-state index is 12.3. The second-order valence-electron chi connectivity index (χ2n) is 11.3. The smallest absolute Gasteiger partial charge is 0.407 e. The van der Waals surface area contributed by atoms with E-state index in [1.165, 1.54) is 76.2 Å². The molecule has 4 heteroatoms. The Morgan fingerprint density at radius 3 is 2.24 bits per heavy atom. The van der Waals surface area contributed by atoms with Crippen LogP contribution >= 0.6 is 0 Å². The van der Waals surface area contributed by atoms with E-state index in [-0.39, 0.29) is 6.09 Å². The van der Waals surface area contributed by atoms with E-state index in [9.17, 15) is 4.79 Å². The number of unbranched alkanes of at least 4 members (excludes halogenated alkanes) is 10. The number of rotatable bonds is 19. The van der Waals surface area contributed by atoms with Crippen molar-refractivity contribution in [3.63, 3.8) is 0 Å². The molecular formula is C34H53N2O2+. The number of pyridine rings is 1. The van der Waals surface area contributed by atoms with E-state index in [0.717, 1.165) is 36.1 Å². The molecule has 0 atom stereocenters. The first-order valence-corrected chi connectivity index (χ1v) is 15.0. The molecule has 0 aliphatic heterocycles. The molecule has 0 fully saturated rings. The van der Waals surface area contributed by atoms with Gasteiger partial charge in [-0.1, -0.05) is 88.6 Å². The normalized spacial score (nSPS) is 11.4. The van der Waals surface area contributed by atoms with Crippen LogP contribution in [0.5, 0.6) is 0 Å². The van der Waals surface area contributed by atoms with Gasteiger partial charge in [0.15, 0.2) is 12.4 Å². The highest BCUT2D eigenvalue weighted by atomic mass is 16.5. The van der Waals surface area contributed by atoms with Crippen molar-refractivity contribution in [2.45, 2.75) is 123 Å². The summed E-state index contributed by atoms with van der Waals surface area (Å²) < 4.78 is 7.81. The van der Waals surface area contributed by atoms with Gasteiger partial charge in [-0.3, -0.25) is 0 Å². The molecule has 38 heavy (non-hydrogen) atoms. The number of nitrogens with zero attached hydrogens (tertiary/aromatic N) is 1. The standard InChI is InChI=1S/C34H52N2O2/c1-6-7-20-30-21-19-25-36(28-30)24-16-14-12-10-8-9-11-13-15-17-26-38-33(37)35-34(4,5)32-23-18-22-31(27-32)29(2)3/h18-19,21-23,25,27-28H,2,6-17,20,24,26H2,1,3-5H3/p+1. The topological polar surface area (TPSA) is 42.2 Å². The second kappa shape index (κ2) is 17.8. The first kappa shape index (κ1) is 31.6. The molecule has 1 amide bonds. The summed E-state index contributed by atoms with van der Waals surface area (Å²) in [5.41, 5.74) is 4.11. The van der Waals surface area contributed by atoms with Gasteiger partial charge in [0.1, 0.15) is 6.54 Å².